The van der Waals surface area contributed by atoms with Gasteiger partial charge in [0, 0.05) is 42.0 Å². The fourth-order valence-corrected chi connectivity index (χ4v) is 2.52. The minimum atomic E-state index is -0.374. The van der Waals surface area contributed by atoms with Crippen LogP contribution in [0.3, 0.4) is 0 Å². The van der Waals surface area contributed by atoms with Gasteiger partial charge in [0.15, 0.2) is 0 Å². The molecule has 0 aliphatic heterocycles. The predicted octanol–water partition coefficient (Wildman–Crippen LogP) is 2.79. The van der Waals surface area contributed by atoms with Crippen molar-refractivity contribution in [1.29, 1.82) is 0 Å². The maximum atomic E-state index is 10.8. The highest BCUT2D eigenvalue weighted by molar-refractivity contribution is 5.82. The Morgan fingerprint density at radius 2 is 2.14 bits per heavy atom. The number of aromatic nitrogens is 4. The third-order valence-electron chi connectivity index (χ3n) is 3.63. The van der Waals surface area contributed by atoms with Gasteiger partial charge >= 0.3 is 0 Å². The summed E-state index contributed by atoms with van der Waals surface area (Å²) in [5, 5.41) is 19.9. The summed E-state index contributed by atoms with van der Waals surface area (Å²) in [4.78, 5) is 10.4. The molecule has 7 heteroatoms. The van der Waals surface area contributed by atoms with Crippen molar-refractivity contribution in [2.75, 3.05) is 0 Å². The van der Waals surface area contributed by atoms with Crippen LogP contribution in [-0.2, 0) is 19.5 Å². The van der Waals surface area contributed by atoms with Gasteiger partial charge in [-0.1, -0.05) is 18.6 Å². The molecule has 0 aliphatic carbocycles. The maximum Gasteiger partial charge on any atom is 0.270 e. The first-order chi connectivity index (χ1) is 10.7. The summed E-state index contributed by atoms with van der Waals surface area (Å²) in [6, 6.07) is 6.82. The smallest absolute Gasteiger partial charge is 0.270 e. The number of benzene rings is 1. The van der Waals surface area contributed by atoms with Gasteiger partial charge in [0.05, 0.1) is 17.2 Å². The molecule has 0 aliphatic rings. The van der Waals surface area contributed by atoms with Gasteiger partial charge in [0.1, 0.15) is 0 Å². The van der Waals surface area contributed by atoms with Crippen molar-refractivity contribution in [3.63, 3.8) is 0 Å². The van der Waals surface area contributed by atoms with Crippen LogP contribution >= 0.6 is 0 Å². The molecule has 3 aromatic rings. The van der Waals surface area contributed by atoms with E-state index in [0.29, 0.717) is 0 Å². The largest absolute Gasteiger partial charge is 0.346 e. The summed E-state index contributed by atoms with van der Waals surface area (Å²) in [6.07, 6.45) is 5.91. The summed E-state index contributed by atoms with van der Waals surface area (Å²) in [5.74, 6) is 0. The number of nitro benzene ring substituents is 1. The topological polar surface area (TPSA) is 78.8 Å². The van der Waals surface area contributed by atoms with E-state index in [1.54, 1.807) is 12.1 Å². The number of rotatable bonds is 6. The molecule has 22 heavy (non-hydrogen) atoms. The Morgan fingerprint density at radius 3 is 2.91 bits per heavy atom. The van der Waals surface area contributed by atoms with E-state index in [0.717, 1.165) is 42.5 Å². The molecule has 2 heterocycles. The molecule has 3 rings (SSSR count). The van der Waals surface area contributed by atoms with Crippen molar-refractivity contribution in [1.82, 2.24) is 19.6 Å². The van der Waals surface area contributed by atoms with Gasteiger partial charge in [0.25, 0.3) is 5.69 Å². The maximum absolute atomic E-state index is 10.8. The highest BCUT2D eigenvalue weighted by Gasteiger charge is 2.09. The third-order valence-corrected chi connectivity index (χ3v) is 3.63. The average Bonchev–Trinajstić information content (AvgIpc) is 3.11. The van der Waals surface area contributed by atoms with Crippen LogP contribution in [0.4, 0.5) is 5.69 Å². The molecule has 0 N–H and O–H groups in total. The van der Waals surface area contributed by atoms with Crippen molar-refractivity contribution >= 4 is 16.6 Å². The molecular formula is C15H17N5O2. The molecule has 0 amide bonds. The average molecular weight is 299 g/mol. The number of hydrogen-bond donors (Lipinski definition) is 0. The van der Waals surface area contributed by atoms with Crippen molar-refractivity contribution < 1.29 is 4.92 Å². The summed E-state index contributed by atoms with van der Waals surface area (Å²) >= 11 is 0. The Morgan fingerprint density at radius 1 is 1.27 bits per heavy atom. The molecule has 0 saturated carbocycles. The lowest BCUT2D eigenvalue weighted by atomic mass is 10.2. The fourth-order valence-electron chi connectivity index (χ4n) is 2.52. The summed E-state index contributed by atoms with van der Waals surface area (Å²) in [5.41, 5.74) is 2.11. The van der Waals surface area contributed by atoms with Gasteiger partial charge in [0.2, 0.25) is 0 Å². The Kier molecular flexibility index (Phi) is 3.86. The van der Waals surface area contributed by atoms with E-state index in [4.69, 9.17) is 0 Å². The Balaban J connectivity index is 1.74. The zero-order valence-corrected chi connectivity index (χ0v) is 12.3. The van der Waals surface area contributed by atoms with Gasteiger partial charge in [-0.2, -0.15) is 0 Å². The number of nitrogens with zero attached hydrogens (tertiary/aromatic N) is 5. The van der Waals surface area contributed by atoms with Crippen LogP contribution in [0, 0.1) is 10.1 Å². The van der Waals surface area contributed by atoms with Crippen LogP contribution in [0.1, 0.15) is 19.0 Å². The van der Waals surface area contributed by atoms with Crippen molar-refractivity contribution in [3.8, 4) is 0 Å². The van der Waals surface area contributed by atoms with Gasteiger partial charge < -0.3 is 4.57 Å². The van der Waals surface area contributed by atoms with Crippen molar-refractivity contribution in [2.45, 2.75) is 32.9 Å². The molecule has 0 spiro atoms. The molecule has 1 aromatic carbocycles. The molecule has 0 saturated heterocycles. The lowest BCUT2D eigenvalue weighted by molar-refractivity contribution is -0.384. The van der Waals surface area contributed by atoms with Crippen LogP contribution in [0.25, 0.3) is 10.9 Å². The second-order valence-corrected chi connectivity index (χ2v) is 5.23. The number of nitro groups is 1. The van der Waals surface area contributed by atoms with Crippen LogP contribution < -0.4 is 0 Å². The summed E-state index contributed by atoms with van der Waals surface area (Å²) < 4.78 is 3.91. The first-order valence-electron chi connectivity index (χ1n) is 7.29. The number of fused-ring (bicyclic) bond motifs is 1. The summed E-state index contributed by atoms with van der Waals surface area (Å²) in [7, 11) is 0. The van der Waals surface area contributed by atoms with E-state index in [9.17, 15) is 10.1 Å². The van der Waals surface area contributed by atoms with E-state index in [2.05, 4.69) is 21.8 Å². The van der Waals surface area contributed by atoms with Gasteiger partial charge in [-0.05, 0) is 18.6 Å². The first kappa shape index (κ1) is 14.2. The Labute approximate surface area is 127 Å². The Bertz CT molecular complexity index is 805. The minimum absolute atomic E-state index is 0.116. The van der Waals surface area contributed by atoms with E-state index in [1.807, 2.05) is 23.1 Å². The zero-order valence-electron chi connectivity index (χ0n) is 12.3. The predicted molar refractivity (Wildman–Crippen MR) is 82.6 cm³/mol. The molecule has 7 nitrogen and oxygen atoms in total. The van der Waals surface area contributed by atoms with Crippen molar-refractivity contribution in [2.24, 2.45) is 0 Å². The van der Waals surface area contributed by atoms with E-state index in [-0.39, 0.29) is 10.6 Å². The highest BCUT2D eigenvalue weighted by atomic mass is 16.6. The van der Waals surface area contributed by atoms with E-state index < -0.39 is 0 Å². The zero-order chi connectivity index (χ0) is 15.5. The molecule has 0 bridgehead atoms. The number of non-ortho nitro benzene ring substituents is 1. The SMILES string of the molecule is CCCc1cn(CCn2ccc3cc([N+](=O)[O-])ccc32)nn1. The molecule has 0 atom stereocenters. The quantitative estimate of drug-likeness (QED) is 0.518. The van der Waals surface area contributed by atoms with Gasteiger partial charge in [-0.3, -0.25) is 14.8 Å². The normalized spacial score (nSPS) is 11.1. The monoisotopic (exact) mass is 299 g/mol. The van der Waals surface area contributed by atoms with Crippen LogP contribution in [0.5, 0.6) is 0 Å². The fraction of sp³-hybridized carbons (Fsp3) is 0.333. The van der Waals surface area contributed by atoms with Crippen LogP contribution in [0.2, 0.25) is 0 Å². The molecule has 0 fully saturated rings. The molecule has 114 valence electrons. The lowest BCUT2D eigenvalue weighted by Gasteiger charge is -2.05. The molecule has 0 radical (unpaired) electrons. The highest BCUT2D eigenvalue weighted by Crippen LogP contribution is 2.21. The molecule has 2 aromatic heterocycles. The van der Waals surface area contributed by atoms with E-state index in [1.165, 1.54) is 6.07 Å². The van der Waals surface area contributed by atoms with E-state index >= 15 is 0 Å². The molecular weight excluding hydrogens is 282 g/mol. The lowest BCUT2D eigenvalue weighted by Crippen LogP contribution is -2.07. The van der Waals surface area contributed by atoms with Gasteiger partial charge in [-0.15, -0.1) is 5.10 Å². The first-order valence-corrected chi connectivity index (χ1v) is 7.29. The Hall–Kier alpha value is -2.70. The van der Waals surface area contributed by atoms with Crippen LogP contribution in [0.15, 0.2) is 36.7 Å². The second-order valence-electron chi connectivity index (χ2n) is 5.23. The van der Waals surface area contributed by atoms with Crippen molar-refractivity contribution in [3.05, 3.63) is 52.5 Å². The summed E-state index contributed by atoms with van der Waals surface area (Å²) in [6.45, 7) is 3.58. The van der Waals surface area contributed by atoms with Crippen LogP contribution in [-0.4, -0.2) is 24.5 Å². The number of hydrogen-bond acceptors (Lipinski definition) is 4. The third kappa shape index (κ3) is 2.83. The second kappa shape index (κ2) is 5.97. The number of aryl methyl sites for hydroxylation is 3. The minimum Gasteiger partial charge on any atom is -0.346 e. The van der Waals surface area contributed by atoms with Gasteiger partial charge in [-0.25, -0.2) is 0 Å². The molecule has 0 unspecified atom stereocenters. The standard InChI is InChI=1S/C15H17N5O2/c1-2-3-13-11-19(17-16-13)9-8-18-7-6-12-10-14(20(21)22)4-5-15(12)18/h4-7,10-11H,2-3,8-9H2,1H3.